The van der Waals surface area contributed by atoms with E-state index in [1.54, 1.807) is 22.9 Å². The number of rotatable bonds is 5. The average molecular weight is 749 g/mol. The molecular formula is C39H46BrN3O7. The number of esters is 1. The molecule has 5 bridgehead atoms. The number of allylic oxidation sites excluding steroid dienone is 1. The molecule has 2 aromatic rings. The van der Waals surface area contributed by atoms with Gasteiger partial charge in [0.2, 0.25) is 11.8 Å². The molecule has 4 heterocycles. The number of hydrogen-bond acceptors (Lipinski definition) is 7. The summed E-state index contributed by atoms with van der Waals surface area (Å²) in [5, 5.41) is 10.7. The lowest BCUT2D eigenvalue weighted by atomic mass is 9.74. The standard InChI is InChI=1S/C39H46BrN3O7/c1-22(2)28(21-44)43-35-37(47)42(32-23(3)14-13-15-24(32)4)19-12-8-11-18-29(45)41(6)25(5)33(26-16-9-7-10-17-26)49-38(48)30-31(36(43)46)39(35)20-27(40)34(30)50-39/h7-10,12-17,20,22,25,28,30-31,33-35,44H,11,18-19,21H2,1-6H3/b12-8-/t25-,28+,30+,31-,33+,34+,35+,39-/m1/s1. The molecule has 11 heteroatoms. The minimum Gasteiger partial charge on any atom is -0.455 e. The van der Waals surface area contributed by atoms with Crippen molar-refractivity contribution in [1.82, 2.24) is 9.80 Å². The average Bonchev–Trinajstić information content (AvgIpc) is 3.68. The number of aliphatic hydroxyl groups is 1. The fourth-order valence-corrected chi connectivity index (χ4v) is 8.99. The van der Waals surface area contributed by atoms with Crippen molar-refractivity contribution in [2.75, 3.05) is 25.1 Å². The van der Waals surface area contributed by atoms with Crippen LogP contribution in [-0.4, -0.2) is 88.6 Å². The molecule has 0 aromatic heterocycles. The predicted molar refractivity (Wildman–Crippen MR) is 192 cm³/mol. The van der Waals surface area contributed by atoms with Gasteiger partial charge in [-0.15, -0.1) is 0 Å². The van der Waals surface area contributed by atoms with Crippen molar-refractivity contribution in [2.45, 2.75) is 83.4 Å². The quantitative estimate of drug-likeness (QED) is 0.338. The van der Waals surface area contributed by atoms with Crippen LogP contribution in [0.5, 0.6) is 0 Å². The molecular weight excluding hydrogens is 702 g/mol. The molecule has 50 heavy (non-hydrogen) atoms. The summed E-state index contributed by atoms with van der Waals surface area (Å²) in [6.45, 7) is 9.29. The topological polar surface area (TPSA) is 117 Å². The zero-order valence-corrected chi connectivity index (χ0v) is 31.0. The number of benzene rings is 2. The van der Waals surface area contributed by atoms with Gasteiger partial charge in [0, 0.05) is 30.2 Å². The summed E-state index contributed by atoms with van der Waals surface area (Å²) in [7, 11) is 1.70. The van der Waals surface area contributed by atoms with E-state index in [0.717, 1.165) is 11.1 Å². The van der Waals surface area contributed by atoms with Crippen LogP contribution in [0, 0.1) is 31.6 Å². The van der Waals surface area contributed by atoms with Crippen molar-refractivity contribution in [3.05, 3.63) is 87.9 Å². The van der Waals surface area contributed by atoms with Crippen LogP contribution in [-0.2, 0) is 28.7 Å². The molecule has 2 fully saturated rings. The van der Waals surface area contributed by atoms with Crippen LogP contribution in [0.15, 0.2) is 71.2 Å². The van der Waals surface area contributed by atoms with E-state index in [0.29, 0.717) is 22.2 Å². The first-order valence-corrected chi connectivity index (χ1v) is 18.2. The highest BCUT2D eigenvalue weighted by molar-refractivity contribution is 9.11. The molecule has 4 aliphatic rings. The third-order valence-corrected chi connectivity index (χ3v) is 11.6. The number of carbonyl (C=O) groups is 4. The number of para-hydroxylation sites is 1. The van der Waals surface area contributed by atoms with Crippen LogP contribution in [0.4, 0.5) is 5.69 Å². The van der Waals surface area contributed by atoms with Gasteiger partial charge >= 0.3 is 5.97 Å². The first-order valence-electron chi connectivity index (χ1n) is 17.4. The zero-order chi connectivity index (χ0) is 36.1. The van der Waals surface area contributed by atoms with E-state index in [2.05, 4.69) is 15.9 Å². The largest absolute Gasteiger partial charge is 0.455 e. The van der Waals surface area contributed by atoms with Gasteiger partial charge in [0.25, 0.3) is 5.91 Å². The van der Waals surface area contributed by atoms with E-state index in [1.165, 1.54) is 4.90 Å². The lowest BCUT2D eigenvalue weighted by molar-refractivity contribution is -0.164. The second-order valence-electron chi connectivity index (χ2n) is 14.3. The molecule has 1 spiro atoms. The number of likely N-dealkylation sites (N-methyl/N-ethyl adjacent to an activating group) is 1. The maximum Gasteiger partial charge on any atom is 0.313 e. The fraction of sp³-hybridized carbons (Fsp3) is 0.487. The molecule has 0 aliphatic carbocycles. The molecule has 0 saturated carbocycles. The number of aliphatic hydroxyl groups excluding tert-OH is 1. The molecule has 1 N–H and O–H groups in total. The van der Waals surface area contributed by atoms with Crippen molar-refractivity contribution in [3.63, 3.8) is 0 Å². The fourth-order valence-electron chi connectivity index (χ4n) is 8.26. The third-order valence-electron chi connectivity index (χ3n) is 11.0. The first kappa shape index (κ1) is 36.0. The molecule has 3 amide bonds. The lowest BCUT2D eigenvalue weighted by Gasteiger charge is -2.40. The molecule has 10 nitrogen and oxygen atoms in total. The number of anilines is 1. The maximum atomic E-state index is 15.3. The number of ether oxygens (including phenoxy) is 2. The molecule has 2 aromatic carbocycles. The van der Waals surface area contributed by atoms with E-state index in [9.17, 15) is 19.5 Å². The van der Waals surface area contributed by atoms with Crippen molar-refractivity contribution in [1.29, 1.82) is 0 Å². The first-order chi connectivity index (χ1) is 23.8. The van der Waals surface area contributed by atoms with E-state index < -0.39 is 59.6 Å². The van der Waals surface area contributed by atoms with Crippen LogP contribution in [0.3, 0.4) is 0 Å². The Kier molecular flexibility index (Phi) is 10.1. The summed E-state index contributed by atoms with van der Waals surface area (Å²) in [4.78, 5) is 62.9. The Balaban J connectivity index is 1.54. The van der Waals surface area contributed by atoms with Crippen molar-refractivity contribution < 1.29 is 33.8 Å². The molecule has 0 unspecified atom stereocenters. The number of fused-ring (bicyclic) bond motifs is 2. The lowest BCUT2D eigenvalue weighted by Crippen LogP contribution is -2.59. The van der Waals surface area contributed by atoms with Gasteiger partial charge in [-0.1, -0.05) is 90.5 Å². The molecule has 6 rings (SSSR count). The summed E-state index contributed by atoms with van der Waals surface area (Å²) in [5.74, 6) is -3.98. The SMILES string of the molecule is Cc1cccc(C)c1N1C/C=C\CCC(=O)N(C)[C@H](C)[C@@H](c2ccccc2)OC(=O)[C@@H]2[C@H]3O[C@@]4(C=C3Br)[C@H](C1=O)N([C@@H](CO)C(C)C)C(=O)[C@@H]24. The van der Waals surface area contributed by atoms with Crippen LogP contribution >= 0.6 is 15.9 Å². The van der Waals surface area contributed by atoms with Gasteiger partial charge < -0.3 is 29.3 Å². The number of amides is 3. The summed E-state index contributed by atoms with van der Waals surface area (Å²) >= 11 is 3.63. The smallest absolute Gasteiger partial charge is 0.313 e. The molecule has 0 radical (unpaired) electrons. The van der Waals surface area contributed by atoms with Crippen LogP contribution < -0.4 is 4.90 Å². The molecule has 266 valence electrons. The van der Waals surface area contributed by atoms with E-state index in [1.807, 2.05) is 95.3 Å². The Hall–Kier alpha value is -3.80. The summed E-state index contributed by atoms with van der Waals surface area (Å²) in [5.41, 5.74) is 1.65. The number of cyclic esters (lactones) is 1. The van der Waals surface area contributed by atoms with Crippen molar-refractivity contribution >= 4 is 45.3 Å². The predicted octanol–water partition coefficient (Wildman–Crippen LogP) is 5.01. The normalized spacial score (nSPS) is 31.6. The minimum atomic E-state index is -1.50. The Labute approximate surface area is 302 Å². The number of nitrogens with zero attached hydrogens (tertiary/aromatic N) is 3. The monoisotopic (exact) mass is 747 g/mol. The Morgan fingerprint density at radius 2 is 1.64 bits per heavy atom. The Bertz CT molecular complexity index is 1710. The maximum absolute atomic E-state index is 15.3. The second-order valence-corrected chi connectivity index (χ2v) is 15.2. The second kappa shape index (κ2) is 14.1. The minimum absolute atomic E-state index is 0.118. The Morgan fingerprint density at radius 3 is 2.28 bits per heavy atom. The highest BCUT2D eigenvalue weighted by Gasteiger charge is 2.75. The van der Waals surface area contributed by atoms with Crippen molar-refractivity contribution in [3.8, 4) is 0 Å². The number of hydrogen-bond donors (Lipinski definition) is 1. The van der Waals surface area contributed by atoms with Gasteiger partial charge in [-0.25, -0.2) is 0 Å². The van der Waals surface area contributed by atoms with Gasteiger partial charge in [-0.05, 0) is 55.9 Å². The van der Waals surface area contributed by atoms with Gasteiger partial charge in [-0.2, -0.15) is 0 Å². The van der Waals surface area contributed by atoms with E-state index in [4.69, 9.17) is 9.47 Å². The molecule has 2 saturated heterocycles. The van der Waals surface area contributed by atoms with Crippen LogP contribution in [0.1, 0.15) is 56.4 Å². The number of halogens is 1. The van der Waals surface area contributed by atoms with Gasteiger partial charge in [0.15, 0.2) is 0 Å². The number of carbonyl (C=O) groups excluding carboxylic acids is 4. The Morgan fingerprint density at radius 1 is 0.960 bits per heavy atom. The highest BCUT2D eigenvalue weighted by Crippen LogP contribution is 2.59. The van der Waals surface area contributed by atoms with Gasteiger partial charge in [0.1, 0.15) is 29.8 Å². The molecule has 4 aliphatic heterocycles. The molecule has 8 atom stereocenters. The third kappa shape index (κ3) is 5.90. The van der Waals surface area contributed by atoms with Gasteiger partial charge in [0.05, 0.1) is 24.6 Å². The zero-order valence-electron chi connectivity index (χ0n) is 29.4. The van der Waals surface area contributed by atoms with E-state index >= 15 is 4.79 Å². The van der Waals surface area contributed by atoms with Gasteiger partial charge in [-0.3, -0.25) is 19.2 Å². The number of likely N-dealkylation sites (tertiary alicyclic amines) is 1. The van der Waals surface area contributed by atoms with E-state index in [-0.39, 0.29) is 37.3 Å². The van der Waals surface area contributed by atoms with Crippen LogP contribution in [0.25, 0.3) is 0 Å². The van der Waals surface area contributed by atoms with Crippen molar-refractivity contribution in [2.24, 2.45) is 17.8 Å². The van der Waals surface area contributed by atoms with Crippen LogP contribution in [0.2, 0.25) is 0 Å². The summed E-state index contributed by atoms with van der Waals surface area (Å²) < 4.78 is 13.6. The highest BCUT2D eigenvalue weighted by atomic mass is 79.9. The summed E-state index contributed by atoms with van der Waals surface area (Å²) in [6, 6.07) is 12.6. The number of aryl methyl sites for hydroxylation is 2. The summed E-state index contributed by atoms with van der Waals surface area (Å²) in [6.07, 6.45) is 4.50.